The number of imidazole rings is 1. The van der Waals surface area contributed by atoms with Crippen LogP contribution in [0, 0.1) is 6.20 Å². The lowest BCUT2D eigenvalue weighted by atomic mass is 10.9. The topological polar surface area (TPSA) is 52.0 Å². The van der Waals surface area contributed by atoms with E-state index in [1.165, 1.54) is 17.0 Å². The highest BCUT2D eigenvalue weighted by Crippen LogP contribution is 2.16. The lowest BCUT2D eigenvalue weighted by Crippen LogP contribution is -1.95. The Morgan fingerprint density at radius 3 is 3.10 bits per heavy atom. The molecule has 0 saturated carbocycles. The van der Waals surface area contributed by atoms with E-state index >= 15 is 0 Å². The summed E-state index contributed by atoms with van der Waals surface area (Å²) in [5.41, 5.74) is 0. The van der Waals surface area contributed by atoms with E-state index in [9.17, 15) is 8.42 Å². The van der Waals surface area contributed by atoms with Gasteiger partial charge in [0, 0.05) is 12.4 Å². The molecule has 0 atom stereocenters. The maximum Gasteiger partial charge on any atom is 0.236 e. The minimum atomic E-state index is -3.22. The quantitative estimate of drug-likeness (QED) is 0.525. The first kappa shape index (κ1) is 5.67. The Labute approximate surface area is 57.7 Å². The maximum absolute atomic E-state index is 10.9. The average molecular weight is 155 g/mol. The lowest BCUT2D eigenvalue weighted by Gasteiger charge is -1.87. The normalized spacial score (nSPS) is 19.2. The number of rotatable bonds is 0. The van der Waals surface area contributed by atoms with Crippen molar-refractivity contribution >= 4 is 16.0 Å². The monoisotopic (exact) mass is 155 g/mol. The van der Waals surface area contributed by atoms with Gasteiger partial charge in [0.15, 0.2) is 0 Å². The number of aromatic nitrogens is 2. The second-order valence-electron chi connectivity index (χ2n) is 1.89. The predicted octanol–water partition coefficient (Wildman–Crippen LogP) is -0.101. The van der Waals surface area contributed by atoms with Crippen LogP contribution in [0.25, 0.3) is 6.20 Å². The molecule has 0 spiro atoms. The van der Waals surface area contributed by atoms with Gasteiger partial charge in [0.25, 0.3) is 0 Å². The first-order valence-electron chi connectivity index (χ1n) is 2.58. The van der Waals surface area contributed by atoms with E-state index in [-0.39, 0.29) is 5.16 Å². The highest BCUT2D eigenvalue weighted by atomic mass is 32.2. The Kier molecular flexibility index (Phi) is 0.843. The van der Waals surface area contributed by atoms with Crippen molar-refractivity contribution in [2.24, 2.45) is 0 Å². The van der Waals surface area contributed by atoms with Gasteiger partial charge in [-0.1, -0.05) is 0 Å². The van der Waals surface area contributed by atoms with Gasteiger partial charge >= 0.3 is 0 Å². The fourth-order valence-electron chi connectivity index (χ4n) is 0.783. The van der Waals surface area contributed by atoms with Crippen LogP contribution >= 0.6 is 0 Å². The summed E-state index contributed by atoms with van der Waals surface area (Å²) >= 11 is 0. The molecule has 0 aliphatic carbocycles. The van der Waals surface area contributed by atoms with Crippen LogP contribution in [0.2, 0.25) is 0 Å². The summed E-state index contributed by atoms with van der Waals surface area (Å²) in [5.74, 6) is 0. The molecule has 0 unspecified atom stereocenters. The van der Waals surface area contributed by atoms with Crippen molar-refractivity contribution in [2.45, 2.75) is 5.16 Å². The Morgan fingerprint density at radius 2 is 2.40 bits per heavy atom. The molecule has 0 fully saturated rings. The zero-order valence-electron chi connectivity index (χ0n) is 4.85. The van der Waals surface area contributed by atoms with Crippen molar-refractivity contribution in [3.63, 3.8) is 0 Å². The van der Waals surface area contributed by atoms with Crippen LogP contribution < -0.4 is 0 Å². The molecule has 0 aromatic carbocycles. The summed E-state index contributed by atoms with van der Waals surface area (Å²) < 4.78 is 23.3. The molecular formula is C5H3N2O2S. The number of hydrogen-bond donors (Lipinski definition) is 0. The molecular weight excluding hydrogens is 152 g/mol. The summed E-state index contributed by atoms with van der Waals surface area (Å²) in [4.78, 5) is 3.54. The van der Waals surface area contributed by atoms with E-state index in [0.717, 1.165) is 5.41 Å². The van der Waals surface area contributed by atoms with Crippen LogP contribution in [-0.2, 0) is 9.84 Å². The first-order chi connectivity index (χ1) is 4.70. The van der Waals surface area contributed by atoms with E-state index in [1.54, 1.807) is 0 Å². The molecule has 0 bridgehead atoms. The minimum absolute atomic E-state index is 0.0486. The van der Waals surface area contributed by atoms with Gasteiger partial charge < -0.3 is 0 Å². The first-order valence-corrected chi connectivity index (χ1v) is 4.13. The Morgan fingerprint density at radius 1 is 1.60 bits per heavy atom. The third-order valence-corrected chi connectivity index (χ3v) is 2.52. The van der Waals surface area contributed by atoms with Crippen molar-refractivity contribution in [3.8, 4) is 0 Å². The molecule has 5 heteroatoms. The van der Waals surface area contributed by atoms with Crippen molar-refractivity contribution in [2.75, 3.05) is 0 Å². The fourth-order valence-corrected chi connectivity index (χ4v) is 1.78. The van der Waals surface area contributed by atoms with Gasteiger partial charge in [0.1, 0.15) is 6.20 Å². The van der Waals surface area contributed by atoms with Gasteiger partial charge in [-0.25, -0.2) is 13.4 Å². The number of fused-ring (bicyclic) bond motifs is 1. The van der Waals surface area contributed by atoms with Gasteiger partial charge in [0.2, 0.25) is 15.0 Å². The van der Waals surface area contributed by atoms with Crippen molar-refractivity contribution in [1.82, 2.24) is 9.55 Å². The molecule has 1 aliphatic rings. The zero-order chi connectivity index (χ0) is 7.19. The number of hydrogen-bond acceptors (Lipinski definition) is 3. The summed E-state index contributed by atoms with van der Waals surface area (Å²) in [6.45, 7) is 0. The van der Waals surface area contributed by atoms with Crippen LogP contribution in [0.3, 0.4) is 0 Å². The van der Waals surface area contributed by atoms with Crippen LogP contribution in [0.1, 0.15) is 0 Å². The highest BCUT2D eigenvalue weighted by molar-refractivity contribution is 7.94. The molecule has 51 valence electrons. The average Bonchev–Trinajstić information content (AvgIpc) is 2.36. The van der Waals surface area contributed by atoms with Crippen LogP contribution in [0.15, 0.2) is 16.8 Å². The molecule has 10 heavy (non-hydrogen) atoms. The Balaban J connectivity index is 2.88. The Hall–Kier alpha value is -1.10. The van der Waals surface area contributed by atoms with E-state index < -0.39 is 9.84 Å². The molecule has 0 N–H and O–H groups in total. The zero-order valence-corrected chi connectivity index (χ0v) is 5.67. The van der Waals surface area contributed by atoms with Crippen molar-refractivity contribution in [1.29, 1.82) is 0 Å². The van der Waals surface area contributed by atoms with Gasteiger partial charge in [-0.2, -0.15) is 0 Å². The fraction of sp³-hybridized carbons (Fsp3) is 0. The molecule has 1 aliphatic heterocycles. The lowest BCUT2D eigenvalue weighted by molar-refractivity contribution is 0.597. The van der Waals surface area contributed by atoms with E-state index in [4.69, 9.17) is 0 Å². The standard InChI is InChI=1S/C5H3N2O2S/c8-10(9)4-3-7-2-1-6-5(7)10/h2-4H. The van der Waals surface area contributed by atoms with E-state index in [0.29, 0.717) is 0 Å². The van der Waals surface area contributed by atoms with Crippen molar-refractivity contribution < 1.29 is 8.42 Å². The molecule has 2 rings (SSSR count). The SMILES string of the molecule is O=S1(=O)C=Cn2c[c]nc21. The van der Waals surface area contributed by atoms with Gasteiger partial charge in [-0.3, -0.25) is 4.57 Å². The largest absolute Gasteiger partial charge is 0.296 e. The summed E-state index contributed by atoms with van der Waals surface area (Å²) in [6.07, 6.45) is 5.35. The molecule has 1 aromatic rings. The molecule has 4 nitrogen and oxygen atoms in total. The number of nitrogens with zero attached hydrogens (tertiary/aromatic N) is 2. The molecule has 0 amide bonds. The van der Waals surface area contributed by atoms with Crippen LogP contribution in [-0.4, -0.2) is 18.0 Å². The second kappa shape index (κ2) is 1.49. The predicted molar refractivity (Wildman–Crippen MR) is 33.6 cm³/mol. The highest BCUT2D eigenvalue weighted by Gasteiger charge is 2.21. The Bertz CT molecular complexity index is 388. The summed E-state index contributed by atoms with van der Waals surface area (Å²) in [7, 11) is -3.22. The third kappa shape index (κ3) is 0.550. The van der Waals surface area contributed by atoms with Gasteiger partial charge in [-0.05, 0) is 0 Å². The van der Waals surface area contributed by atoms with Gasteiger partial charge in [0.05, 0.1) is 5.41 Å². The van der Waals surface area contributed by atoms with E-state index in [2.05, 4.69) is 11.2 Å². The molecule has 1 aromatic heterocycles. The minimum Gasteiger partial charge on any atom is -0.296 e. The van der Waals surface area contributed by atoms with Crippen molar-refractivity contribution in [3.05, 3.63) is 17.8 Å². The number of sulfone groups is 1. The molecule has 2 heterocycles. The molecule has 1 radical (unpaired) electrons. The molecule has 0 saturated heterocycles. The smallest absolute Gasteiger partial charge is 0.236 e. The second-order valence-corrected chi connectivity index (χ2v) is 3.62. The van der Waals surface area contributed by atoms with E-state index in [1.807, 2.05) is 0 Å². The third-order valence-electron chi connectivity index (χ3n) is 1.23. The maximum atomic E-state index is 10.9. The summed E-state index contributed by atoms with van der Waals surface area (Å²) in [5, 5.41) is 1.16. The van der Waals surface area contributed by atoms with Gasteiger partial charge in [-0.15, -0.1) is 0 Å². The summed E-state index contributed by atoms with van der Waals surface area (Å²) in [6, 6.07) is 0. The van der Waals surface area contributed by atoms with Crippen LogP contribution in [0.4, 0.5) is 0 Å². The van der Waals surface area contributed by atoms with Crippen LogP contribution in [0.5, 0.6) is 0 Å².